The van der Waals surface area contributed by atoms with Crippen LogP contribution in [0.4, 0.5) is 0 Å². The third-order valence-electron chi connectivity index (χ3n) is 2.81. The Hall–Kier alpha value is -0.530. The van der Waals surface area contributed by atoms with E-state index in [1.54, 1.807) is 0 Å². The molecule has 1 nitrogen and oxygen atoms in total. The number of hydrogen-bond acceptors (Lipinski definition) is 1. The van der Waals surface area contributed by atoms with E-state index in [0.29, 0.717) is 0 Å². The zero-order valence-electron chi connectivity index (χ0n) is 9.59. The molecule has 0 aliphatic carbocycles. The minimum atomic E-state index is -0.173. The minimum absolute atomic E-state index is 0.173. The Morgan fingerprint density at radius 3 is 1.93 bits per heavy atom. The Morgan fingerprint density at radius 1 is 1.07 bits per heavy atom. The van der Waals surface area contributed by atoms with Crippen molar-refractivity contribution >= 4 is 11.6 Å². The van der Waals surface area contributed by atoms with Crippen LogP contribution in [-0.4, -0.2) is 0 Å². The van der Waals surface area contributed by atoms with Crippen LogP contribution in [0.25, 0.3) is 0 Å². The molecule has 0 fully saturated rings. The second-order valence-electron chi connectivity index (χ2n) is 4.16. The average Bonchev–Trinajstić information content (AvgIpc) is 2.19. The Kier molecular flexibility index (Phi) is 4.62. The van der Waals surface area contributed by atoms with Crippen LogP contribution in [0.5, 0.6) is 0 Å². The fourth-order valence-corrected chi connectivity index (χ4v) is 2.21. The topological polar surface area (TPSA) is 26.0 Å². The molecular formula is C13H20ClN. The highest BCUT2D eigenvalue weighted by atomic mass is 35.5. The molecule has 2 N–H and O–H groups in total. The van der Waals surface area contributed by atoms with E-state index in [-0.39, 0.29) is 5.54 Å². The van der Waals surface area contributed by atoms with Gasteiger partial charge in [0.25, 0.3) is 0 Å². The van der Waals surface area contributed by atoms with Gasteiger partial charge in [-0.3, -0.25) is 0 Å². The molecule has 0 heterocycles. The van der Waals surface area contributed by atoms with Gasteiger partial charge in [0.1, 0.15) is 0 Å². The van der Waals surface area contributed by atoms with Crippen LogP contribution in [0.2, 0.25) is 5.02 Å². The Balaban J connectivity index is 2.92. The van der Waals surface area contributed by atoms with Crippen LogP contribution in [0.15, 0.2) is 24.3 Å². The van der Waals surface area contributed by atoms with Crippen molar-refractivity contribution in [2.24, 2.45) is 5.73 Å². The fraction of sp³-hybridized carbons (Fsp3) is 0.538. The van der Waals surface area contributed by atoms with E-state index in [2.05, 4.69) is 13.8 Å². The van der Waals surface area contributed by atoms with Crippen LogP contribution in [0.1, 0.15) is 45.1 Å². The van der Waals surface area contributed by atoms with Crippen molar-refractivity contribution in [3.63, 3.8) is 0 Å². The van der Waals surface area contributed by atoms with E-state index in [1.807, 2.05) is 24.3 Å². The number of hydrogen-bond donors (Lipinski definition) is 1. The van der Waals surface area contributed by atoms with Gasteiger partial charge in [0.15, 0.2) is 0 Å². The molecular weight excluding hydrogens is 206 g/mol. The Bertz CT molecular complexity index is 286. The Morgan fingerprint density at radius 2 is 1.53 bits per heavy atom. The molecule has 0 bridgehead atoms. The summed E-state index contributed by atoms with van der Waals surface area (Å²) in [6.45, 7) is 4.35. The minimum Gasteiger partial charge on any atom is -0.321 e. The zero-order chi connectivity index (χ0) is 11.3. The lowest BCUT2D eigenvalue weighted by molar-refractivity contribution is 0.369. The standard InChI is InChI=1S/C13H20ClN/c1-3-9-13(15,10-4-2)11-5-7-12(14)8-6-11/h5-8H,3-4,9-10,15H2,1-2H3. The monoisotopic (exact) mass is 225 g/mol. The summed E-state index contributed by atoms with van der Waals surface area (Å²) in [5.41, 5.74) is 7.48. The van der Waals surface area contributed by atoms with Crippen molar-refractivity contribution < 1.29 is 0 Å². The van der Waals surface area contributed by atoms with Crippen LogP contribution in [-0.2, 0) is 5.54 Å². The molecule has 0 aliphatic rings. The second kappa shape index (κ2) is 5.53. The lowest BCUT2D eigenvalue weighted by atomic mass is 9.83. The first-order chi connectivity index (χ1) is 7.12. The molecule has 1 aromatic rings. The van der Waals surface area contributed by atoms with Crippen LogP contribution in [0, 0.1) is 0 Å². The van der Waals surface area contributed by atoms with E-state index < -0.39 is 0 Å². The van der Waals surface area contributed by atoms with E-state index >= 15 is 0 Å². The summed E-state index contributed by atoms with van der Waals surface area (Å²) in [4.78, 5) is 0. The number of rotatable bonds is 5. The van der Waals surface area contributed by atoms with E-state index in [9.17, 15) is 0 Å². The lowest BCUT2D eigenvalue weighted by Crippen LogP contribution is -2.36. The van der Waals surface area contributed by atoms with Crippen molar-refractivity contribution in [2.45, 2.75) is 45.1 Å². The van der Waals surface area contributed by atoms with E-state index in [4.69, 9.17) is 17.3 Å². The largest absolute Gasteiger partial charge is 0.321 e. The van der Waals surface area contributed by atoms with E-state index in [0.717, 1.165) is 30.7 Å². The molecule has 0 amide bonds. The van der Waals surface area contributed by atoms with Crippen LogP contribution >= 0.6 is 11.6 Å². The zero-order valence-corrected chi connectivity index (χ0v) is 10.3. The van der Waals surface area contributed by atoms with Gasteiger partial charge < -0.3 is 5.73 Å². The highest BCUT2D eigenvalue weighted by Crippen LogP contribution is 2.29. The summed E-state index contributed by atoms with van der Waals surface area (Å²) >= 11 is 5.88. The molecule has 0 saturated carbocycles. The first-order valence-electron chi connectivity index (χ1n) is 5.67. The normalized spacial score (nSPS) is 11.7. The quantitative estimate of drug-likeness (QED) is 0.803. The van der Waals surface area contributed by atoms with Crippen molar-refractivity contribution in [3.8, 4) is 0 Å². The van der Waals surface area contributed by atoms with Crippen molar-refractivity contribution in [2.75, 3.05) is 0 Å². The molecule has 0 aliphatic heterocycles. The Labute approximate surface area is 97.6 Å². The van der Waals surface area contributed by atoms with Gasteiger partial charge in [-0.1, -0.05) is 50.4 Å². The molecule has 84 valence electrons. The first kappa shape index (κ1) is 12.5. The molecule has 0 spiro atoms. The summed E-state index contributed by atoms with van der Waals surface area (Å²) in [6, 6.07) is 7.94. The lowest BCUT2D eigenvalue weighted by Gasteiger charge is -2.29. The molecule has 2 heteroatoms. The van der Waals surface area contributed by atoms with Gasteiger partial charge in [-0.25, -0.2) is 0 Å². The first-order valence-corrected chi connectivity index (χ1v) is 6.05. The van der Waals surface area contributed by atoms with Gasteiger partial charge in [-0.05, 0) is 30.5 Å². The van der Waals surface area contributed by atoms with Crippen molar-refractivity contribution in [3.05, 3.63) is 34.9 Å². The summed E-state index contributed by atoms with van der Waals surface area (Å²) in [5.74, 6) is 0. The molecule has 0 aromatic heterocycles. The van der Waals surface area contributed by atoms with Crippen LogP contribution < -0.4 is 5.73 Å². The van der Waals surface area contributed by atoms with Crippen molar-refractivity contribution in [1.82, 2.24) is 0 Å². The smallest absolute Gasteiger partial charge is 0.0409 e. The number of benzene rings is 1. The average molecular weight is 226 g/mol. The SMILES string of the molecule is CCCC(N)(CCC)c1ccc(Cl)cc1. The highest BCUT2D eigenvalue weighted by Gasteiger charge is 2.24. The summed E-state index contributed by atoms with van der Waals surface area (Å²) < 4.78 is 0. The van der Waals surface area contributed by atoms with Gasteiger partial charge in [0.2, 0.25) is 0 Å². The van der Waals surface area contributed by atoms with Gasteiger partial charge in [0, 0.05) is 10.6 Å². The number of halogens is 1. The molecule has 0 saturated heterocycles. The second-order valence-corrected chi connectivity index (χ2v) is 4.60. The maximum absolute atomic E-state index is 6.45. The van der Waals surface area contributed by atoms with Gasteiger partial charge >= 0.3 is 0 Å². The van der Waals surface area contributed by atoms with Gasteiger partial charge in [-0.2, -0.15) is 0 Å². The van der Waals surface area contributed by atoms with Gasteiger partial charge in [-0.15, -0.1) is 0 Å². The predicted molar refractivity (Wildman–Crippen MR) is 67.1 cm³/mol. The summed E-state index contributed by atoms with van der Waals surface area (Å²) in [7, 11) is 0. The summed E-state index contributed by atoms with van der Waals surface area (Å²) in [5, 5.41) is 0.772. The molecule has 1 rings (SSSR count). The predicted octanol–water partition coefficient (Wildman–Crippen LogP) is 4.09. The van der Waals surface area contributed by atoms with Crippen molar-refractivity contribution in [1.29, 1.82) is 0 Å². The fourth-order valence-electron chi connectivity index (χ4n) is 2.09. The number of nitrogens with two attached hydrogens (primary N) is 1. The third kappa shape index (κ3) is 3.22. The molecule has 1 aromatic carbocycles. The molecule has 0 unspecified atom stereocenters. The molecule has 15 heavy (non-hydrogen) atoms. The van der Waals surface area contributed by atoms with Crippen LogP contribution in [0.3, 0.4) is 0 Å². The highest BCUT2D eigenvalue weighted by molar-refractivity contribution is 6.30. The maximum Gasteiger partial charge on any atom is 0.0409 e. The summed E-state index contributed by atoms with van der Waals surface area (Å²) in [6.07, 6.45) is 4.28. The maximum atomic E-state index is 6.45. The third-order valence-corrected chi connectivity index (χ3v) is 3.06. The van der Waals surface area contributed by atoms with E-state index in [1.165, 1.54) is 5.56 Å². The molecule has 0 radical (unpaired) electrons. The van der Waals surface area contributed by atoms with Gasteiger partial charge in [0.05, 0.1) is 0 Å². The molecule has 0 atom stereocenters.